The standard InChI is InChI=1S/C13H8Br3NO2/c14-9-5-7(6-10(15)12(9)16)17-13(19)8-3-1-2-4-11(8)18/h1-6,18H,(H,17,19). The van der Waals surface area contributed by atoms with Crippen molar-refractivity contribution in [3.8, 4) is 5.75 Å². The molecule has 0 saturated heterocycles. The van der Waals surface area contributed by atoms with Crippen LogP contribution in [-0.4, -0.2) is 11.0 Å². The number of carbonyl (C=O) groups is 1. The van der Waals surface area contributed by atoms with Crippen molar-refractivity contribution in [3.05, 3.63) is 55.4 Å². The van der Waals surface area contributed by atoms with Crippen molar-refractivity contribution in [1.82, 2.24) is 0 Å². The minimum absolute atomic E-state index is 0.0461. The number of anilines is 1. The molecular formula is C13H8Br3NO2. The van der Waals surface area contributed by atoms with Gasteiger partial charge in [-0.1, -0.05) is 12.1 Å². The Morgan fingerprint density at radius 1 is 1.05 bits per heavy atom. The van der Waals surface area contributed by atoms with E-state index in [1.807, 2.05) is 0 Å². The predicted molar refractivity (Wildman–Crippen MR) is 85.6 cm³/mol. The highest BCUT2D eigenvalue weighted by atomic mass is 79.9. The van der Waals surface area contributed by atoms with Crippen molar-refractivity contribution in [1.29, 1.82) is 0 Å². The van der Waals surface area contributed by atoms with Gasteiger partial charge in [-0.05, 0) is 72.1 Å². The second-order valence-corrected chi connectivity index (χ2v) is 6.23. The van der Waals surface area contributed by atoms with Gasteiger partial charge >= 0.3 is 0 Å². The van der Waals surface area contributed by atoms with Gasteiger partial charge in [0.15, 0.2) is 0 Å². The van der Waals surface area contributed by atoms with Gasteiger partial charge in [-0.25, -0.2) is 0 Å². The van der Waals surface area contributed by atoms with Gasteiger partial charge in [-0.15, -0.1) is 0 Å². The number of para-hydroxylation sites is 1. The molecule has 0 aromatic heterocycles. The lowest BCUT2D eigenvalue weighted by Gasteiger charge is -2.09. The lowest BCUT2D eigenvalue weighted by molar-refractivity contribution is 0.102. The number of aromatic hydroxyl groups is 1. The first-order valence-electron chi connectivity index (χ1n) is 5.23. The Balaban J connectivity index is 2.27. The van der Waals surface area contributed by atoms with Crippen LogP contribution in [-0.2, 0) is 0 Å². The minimum atomic E-state index is -0.362. The molecule has 2 rings (SSSR count). The summed E-state index contributed by atoms with van der Waals surface area (Å²) in [5.74, 6) is -0.408. The molecule has 0 bridgehead atoms. The molecule has 6 heteroatoms. The van der Waals surface area contributed by atoms with Crippen LogP contribution in [0.5, 0.6) is 5.75 Å². The summed E-state index contributed by atoms with van der Waals surface area (Å²) < 4.78 is 2.50. The largest absolute Gasteiger partial charge is 0.507 e. The Morgan fingerprint density at radius 2 is 1.63 bits per heavy atom. The number of amides is 1. The number of hydrogen-bond acceptors (Lipinski definition) is 2. The molecule has 0 aliphatic rings. The topological polar surface area (TPSA) is 49.3 Å². The van der Waals surface area contributed by atoms with E-state index in [1.54, 1.807) is 30.3 Å². The molecule has 0 aliphatic heterocycles. The van der Waals surface area contributed by atoms with E-state index in [-0.39, 0.29) is 17.2 Å². The molecule has 0 aliphatic carbocycles. The lowest BCUT2D eigenvalue weighted by atomic mass is 10.2. The number of halogens is 3. The molecule has 0 unspecified atom stereocenters. The van der Waals surface area contributed by atoms with Crippen LogP contribution in [0.15, 0.2) is 49.8 Å². The van der Waals surface area contributed by atoms with E-state index in [4.69, 9.17) is 0 Å². The Hall–Kier alpha value is -0.850. The van der Waals surface area contributed by atoms with Gasteiger partial charge in [0.2, 0.25) is 0 Å². The van der Waals surface area contributed by atoms with E-state index in [9.17, 15) is 9.90 Å². The van der Waals surface area contributed by atoms with Crippen LogP contribution in [0, 0.1) is 0 Å². The summed E-state index contributed by atoms with van der Waals surface area (Å²) in [4.78, 5) is 12.0. The first-order chi connectivity index (χ1) is 8.99. The summed E-state index contributed by atoms with van der Waals surface area (Å²) in [6, 6.07) is 9.94. The number of carbonyl (C=O) groups excluding carboxylic acids is 1. The summed E-state index contributed by atoms with van der Waals surface area (Å²) in [6.07, 6.45) is 0. The predicted octanol–water partition coefficient (Wildman–Crippen LogP) is 4.93. The fourth-order valence-corrected chi connectivity index (χ4v) is 2.91. The molecule has 2 N–H and O–H groups in total. The average molecular weight is 450 g/mol. The molecule has 0 fully saturated rings. The summed E-state index contributed by atoms with van der Waals surface area (Å²) in [6.45, 7) is 0. The second-order valence-electron chi connectivity index (χ2n) is 3.73. The highest BCUT2D eigenvalue weighted by Gasteiger charge is 2.12. The summed E-state index contributed by atoms with van der Waals surface area (Å²) in [5.41, 5.74) is 0.855. The zero-order valence-electron chi connectivity index (χ0n) is 9.45. The molecular weight excluding hydrogens is 442 g/mol. The van der Waals surface area contributed by atoms with Crippen LogP contribution in [0.25, 0.3) is 0 Å². The highest BCUT2D eigenvalue weighted by molar-refractivity contribution is 9.14. The van der Waals surface area contributed by atoms with Crippen LogP contribution < -0.4 is 5.32 Å². The lowest BCUT2D eigenvalue weighted by Crippen LogP contribution is -2.12. The van der Waals surface area contributed by atoms with Crippen LogP contribution in [0.4, 0.5) is 5.69 Å². The third-order valence-electron chi connectivity index (χ3n) is 2.39. The summed E-state index contributed by atoms with van der Waals surface area (Å²) in [7, 11) is 0. The number of phenols is 1. The third kappa shape index (κ3) is 3.38. The maximum absolute atomic E-state index is 12.0. The highest BCUT2D eigenvalue weighted by Crippen LogP contribution is 2.34. The average Bonchev–Trinajstić information content (AvgIpc) is 2.36. The van der Waals surface area contributed by atoms with Crippen molar-refractivity contribution in [2.75, 3.05) is 5.32 Å². The maximum atomic E-state index is 12.0. The third-order valence-corrected chi connectivity index (χ3v) is 5.56. The van der Waals surface area contributed by atoms with Crippen molar-refractivity contribution < 1.29 is 9.90 Å². The number of nitrogens with one attached hydrogen (secondary N) is 1. The van der Waals surface area contributed by atoms with Crippen molar-refractivity contribution in [2.45, 2.75) is 0 Å². The summed E-state index contributed by atoms with van der Waals surface area (Å²) >= 11 is 10.1. The van der Waals surface area contributed by atoms with Gasteiger partial charge in [0.25, 0.3) is 5.91 Å². The fraction of sp³-hybridized carbons (Fsp3) is 0. The van der Waals surface area contributed by atoms with E-state index < -0.39 is 0 Å². The van der Waals surface area contributed by atoms with E-state index in [1.165, 1.54) is 6.07 Å². The van der Waals surface area contributed by atoms with Crippen molar-refractivity contribution in [3.63, 3.8) is 0 Å². The molecule has 1 amide bonds. The van der Waals surface area contributed by atoms with Gasteiger partial charge in [-0.3, -0.25) is 4.79 Å². The number of hydrogen-bond donors (Lipinski definition) is 2. The monoisotopic (exact) mass is 447 g/mol. The van der Waals surface area contributed by atoms with Crippen LogP contribution in [0.2, 0.25) is 0 Å². The molecule has 3 nitrogen and oxygen atoms in total. The fourth-order valence-electron chi connectivity index (χ4n) is 1.49. The van der Waals surface area contributed by atoms with E-state index in [0.29, 0.717) is 5.69 Å². The smallest absolute Gasteiger partial charge is 0.259 e. The van der Waals surface area contributed by atoms with Crippen LogP contribution in [0.3, 0.4) is 0 Å². The number of phenolic OH excluding ortho intramolecular Hbond substituents is 1. The van der Waals surface area contributed by atoms with Crippen LogP contribution in [0.1, 0.15) is 10.4 Å². The van der Waals surface area contributed by atoms with Gasteiger partial charge in [0.05, 0.1) is 5.56 Å². The van der Waals surface area contributed by atoms with Crippen LogP contribution >= 0.6 is 47.8 Å². The van der Waals surface area contributed by atoms with Gasteiger partial charge in [0.1, 0.15) is 5.75 Å². The van der Waals surface area contributed by atoms with Crippen molar-refractivity contribution in [2.24, 2.45) is 0 Å². The zero-order valence-corrected chi connectivity index (χ0v) is 14.2. The molecule has 2 aromatic rings. The summed E-state index contributed by atoms with van der Waals surface area (Å²) in [5, 5.41) is 12.4. The SMILES string of the molecule is O=C(Nc1cc(Br)c(Br)c(Br)c1)c1ccccc1O. The molecule has 0 atom stereocenters. The van der Waals surface area contributed by atoms with Gasteiger partial charge in [0, 0.05) is 19.1 Å². The maximum Gasteiger partial charge on any atom is 0.259 e. The molecule has 0 heterocycles. The first kappa shape index (κ1) is 14.6. The Labute approximate surface area is 135 Å². The number of benzene rings is 2. The zero-order chi connectivity index (χ0) is 14.0. The first-order valence-corrected chi connectivity index (χ1v) is 7.61. The Morgan fingerprint density at radius 3 is 2.21 bits per heavy atom. The quantitative estimate of drug-likeness (QED) is 0.638. The van der Waals surface area contributed by atoms with E-state index in [2.05, 4.69) is 53.1 Å². The molecule has 0 radical (unpaired) electrons. The van der Waals surface area contributed by atoms with E-state index >= 15 is 0 Å². The number of rotatable bonds is 2. The molecule has 19 heavy (non-hydrogen) atoms. The Bertz CT molecular complexity index is 621. The molecule has 0 spiro atoms. The molecule has 0 saturated carbocycles. The normalized spacial score (nSPS) is 10.3. The molecule has 2 aromatic carbocycles. The van der Waals surface area contributed by atoms with Gasteiger partial charge in [-0.2, -0.15) is 0 Å². The Kier molecular flexibility index (Phi) is 4.65. The second kappa shape index (κ2) is 6.07. The van der Waals surface area contributed by atoms with Gasteiger partial charge < -0.3 is 10.4 Å². The molecule has 98 valence electrons. The van der Waals surface area contributed by atoms with Crippen molar-refractivity contribution >= 4 is 59.4 Å². The van der Waals surface area contributed by atoms with E-state index in [0.717, 1.165) is 13.4 Å². The minimum Gasteiger partial charge on any atom is -0.507 e.